The molecule has 0 aliphatic carbocycles. The summed E-state index contributed by atoms with van der Waals surface area (Å²) in [5.74, 6) is -2.13. The predicted octanol–water partition coefficient (Wildman–Crippen LogP) is -1.75. The Morgan fingerprint density at radius 1 is 0.943 bits per heavy atom. The summed E-state index contributed by atoms with van der Waals surface area (Å²) in [5.41, 5.74) is 0. The van der Waals surface area contributed by atoms with Gasteiger partial charge in [0.1, 0.15) is 12.1 Å². The molecule has 35 heavy (non-hydrogen) atoms. The number of aliphatic carboxylic acids is 1. The number of rotatable bonds is 19. The average molecular weight is 505 g/mol. The molecule has 1 aliphatic heterocycles. The van der Waals surface area contributed by atoms with Crippen molar-refractivity contribution in [1.82, 2.24) is 20.9 Å². The number of carboxylic acids is 1. The molecule has 0 aromatic rings. The van der Waals surface area contributed by atoms with Crippen LogP contribution in [0.2, 0.25) is 0 Å². The van der Waals surface area contributed by atoms with Gasteiger partial charge in [-0.05, 0) is 39.2 Å². The van der Waals surface area contributed by atoms with Crippen LogP contribution in [0.5, 0.6) is 0 Å². The van der Waals surface area contributed by atoms with Gasteiger partial charge in [0, 0.05) is 32.0 Å². The summed E-state index contributed by atoms with van der Waals surface area (Å²) < 4.78 is 0. The van der Waals surface area contributed by atoms with Crippen LogP contribution in [0.15, 0.2) is 0 Å². The van der Waals surface area contributed by atoms with Gasteiger partial charge in [-0.15, -0.1) is 0 Å². The van der Waals surface area contributed by atoms with Crippen molar-refractivity contribution < 1.29 is 53.8 Å². The van der Waals surface area contributed by atoms with Gasteiger partial charge < -0.3 is 30.8 Å². The van der Waals surface area contributed by atoms with E-state index in [-0.39, 0.29) is 48.3 Å². The topological polar surface area (TPSA) is 131 Å². The first-order chi connectivity index (χ1) is 16.4. The number of likely N-dealkylation sites (tertiary alicyclic amines) is 1. The van der Waals surface area contributed by atoms with Gasteiger partial charge in [0.05, 0.1) is 0 Å². The largest absolute Gasteiger partial charge is 1.00 e. The van der Waals surface area contributed by atoms with Crippen LogP contribution in [0, 0.1) is 0 Å². The molecule has 3 N–H and O–H groups in total. The molecule has 196 valence electrons. The monoisotopic (exact) mass is 504 g/mol. The number of nitrogens with zero attached hydrogens (tertiary/aromatic N) is 1. The van der Waals surface area contributed by atoms with E-state index in [0.717, 1.165) is 25.7 Å². The van der Waals surface area contributed by atoms with Crippen LogP contribution in [-0.2, 0) is 19.2 Å². The number of hydrogen-bond donors (Lipinski definition) is 3. The molecule has 0 bridgehead atoms. The Bertz CT molecular complexity index is 635. The van der Waals surface area contributed by atoms with Gasteiger partial charge in [-0.1, -0.05) is 58.3 Å². The molecule has 0 aromatic heterocycles. The Kier molecular flexibility index (Phi) is 20.3. The van der Waals surface area contributed by atoms with Gasteiger partial charge in [-0.25, -0.2) is 0 Å². The van der Waals surface area contributed by atoms with E-state index in [1.165, 1.54) is 38.5 Å². The Hall–Kier alpha value is -1.16. The summed E-state index contributed by atoms with van der Waals surface area (Å²) in [5, 5.41) is 19.1. The zero-order valence-corrected chi connectivity index (χ0v) is 24.2. The maximum absolute atomic E-state index is 12.9. The fourth-order valence-corrected chi connectivity index (χ4v) is 4.30. The number of unbranched alkanes of at least 4 members (excludes halogenated alkanes) is 8. The van der Waals surface area contributed by atoms with Crippen LogP contribution < -0.4 is 50.6 Å². The van der Waals surface area contributed by atoms with E-state index in [9.17, 15) is 24.3 Å². The number of carbonyl (C=O) groups is 4. The van der Waals surface area contributed by atoms with Gasteiger partial charge >= 0.3 is 29.6 Å². The third kappa shape index (κ3) is 14.9. The molecule has 1 aliphatic rings. The molecule has 9 nitrogen and oxygen atoms in total. The van der Waals surface area contributed by atoms with Crippen LogP contribution in [0.25, 0.3) is 0 Å². The molecule has 0 saturated carbocycles. The second-order valence-electron chi connectivity index (χ2n) is 9.19. The van der Waals surface area contributed by atoms with Crippen LogP contribution in [-0.4, -0.2) is 67.4 Å². The third-order valence-electron chi connectivity index (χ3n) is 6.31. The maximum Gasteiger partial charge on any atom is 1.00 e. The molecule has 1 fully saturated rings. The van der Waals surface area contributed by atoms with Crippen molar-refractivity contribution in [2.45, 2.75) is 109 Å². The van der Waals surface area contributed by atoms with Gasteiger partial charge in [0.25, 0.3) is 0 Å². The zero-order valence-electron chi connectivity index (χ0n) is 22.2. The first-order valence-corrected chi connectivity index (χ1v) is 13.1. The van der Waals surface area contributed by atoms with Crippen molar-refractivity contribution >= 4 is 23.7 Å². The number of nitrogens with one attached hydrogen (secondary N) is 3. The molecule has 1 saturated heterocycles. The first-order valence-electron chi connectivity index (χ1n) is 13.1. The van der Waals surface area contributed by atoms with Crippen LogP contribution in [0.4, 0.5) is 0 Å². The minimum atomic E-state index is -1.28. The van der Waals surface area contributed by atoms with E-state index < -0.39 is 29.9 Å². The fourth-order valence-electron chi connectivity index (χ4n) is 4.30. The van der Waals surface area contributed by atoms with Crippen molar-refractivity contribution in [3.8, 4) is 0 Å². The SMILES string of the molecule is CCCCCCCCCCCC(=O)N1CCCC1C(=O)NC(CCC(=O)[O-])C(=O)NCCNC.[Na+]. The van der Waals surface area contributed by atoms with Gasteiger partial charge in [-0.3, -0.25) is 14.4 Å². The van der Waals surface area contributed by atoms with E-state index in [2.05, 4.69) is 22.9 Å². The van der Waals surface area contributed by atoms with Crippen LogP contribution in [0.3, 0.4) is 0 Å². The van der Waals surface area contributed by atoms with Gasteiger partial charge in [0.15, 0.2) is 0 Å². The molecule has 10 heteroatoms. The average Bonchev–Trinajstić information content (AvgIpc) is 3.30. The number of amides is 3. The quantitative estimate of drug-likeness (QED) is 0.141. The normalized spacial score (nSPS) is 15.8. The molecule has 0 spiro atoms. The van der Waals surface area contributed by atoms with Crippen LogP contribution >= 0.6 is 0 Å². The minimum absolute atomic E-state index is 0. The fraction of sp³-hybridized carbons (Fsp3) is 0.840. The van der Waals surface area contributed by atoms with Crippen molar-refractivity contribution in [3.05, 3.63) is 0 Å². The summed E-state index contributed by atoms with van der Waals surface area (Å²) in [7, 11) is 1.75. The summed E-state index contributed by atoms with van der Waals surface area (Å²) in [6.07, 6.45) is 11.9. The Morgan fingerprint density at radius 3 is 2.17 bits per heavy atom. The van der Waals surface area contributed by atoms with Crippen molar-refractivity contribution in [2.75, 3.05) is 26.7 Å². The van der Waals surface area contributed by atoms with E-state index >= 15 is 0 Å². The number of likely N-dealkylation sites (N-methyl/N-ethyl adjacent to an activating group) is 1. The van der Waals surface area contributed by atoms with Crippen molar-refractivity contribution in [3.63, 3.8) is 0 Å². The predicted molar refractivity (Wildman–Crippen MR) is 130 cm³/mol. The number of hydrogen-bond acceptors (Lipinski definition) is 6. The van der Waals surface area contributed by atoms with Crippen molar-refractivity contribution in [2.24, 2.45) is 0 Å². The molecule has 1 rings (SSSR count). The van der Waals surface area contributed by atoms with Crippen molar-refractivity contribution in [1.29, 1.82) is 0 Å². The van der Waals surface area contributed by atoms with Gasteiger partial charge in [-0.2, -0.15) is 0 Å². The number of carboxylic acid groups (broad SMARTS) is 1. The molecular weight excluding hydrogens is 459 g/mol. The smallest absolute Gasteiger partial charge is 0.550 e. The molecular formula is C25H45N4NaO5. The zero-order chi connectivity index (χ0) is 25.2. The summed E-state index contributed by atoms with van der Waals surface area (Å²) >= 11 is 0. The van der Waals surface area contributed by atoms with Gasteiger partial charge in [0.2, 0.25) is 17.7 Å². The Labute approximate surface area is 233 Å². The molecule has 2 unspecified atom stereocenters. The molecule has 0 radical (unpaired) electrons. The van der Waals surface area contributed by atoms with E-state index in [0.29, 0.717) is 32.5 Å². The maximum atomic E-state index is 12.9. The Morgan fingerprint density at radius 2 is 1.57 bits per heavy atom. The molecule has 1 heterocycles. The molecule has 0 aromatic carbocycles. The standard InChI is InChI=1S/C25H46N4O5.Na/c1-3-4-5-6-7-8-9-10-11-14-22(30)29-19-12-13-21(29)25(34)28-20(15-16-23(31)32)24(33)27-18-17-26-2;/h20-21,26H,3-19H2,1-2H3,(H,27,33)(H,28,34)(H,31,32);/q;+1/p-1. The van der Waals surface area contributed by atoms with Crippen LogP contribution in [0.1, 0.15) is 96.8 Å². The van der Waals surface area contributed by atoms with E-state index in [4.69, 9.17) is 0 Å². The molecule has 3 amide bonds. The van der Waals surface area contributed by atoms with E-state index in [1.54, 1.807) is 11.9 Å². The summed E-state index contributed by atoms with van der Waals surface area (Å²) in [6.45, 7) is 3.66. The Balaban J connectivity index is 0.0000116. The second-order valence-corrected chi connectivity index (χ2v) is 9.19. The minimum Gasteiger partial charge on any atom is -0.550 e. The molecule has 2 atom stereocenters. The van der Waals surface area contributed by atoms with E-state index in [1.807, 2.05) is 0 Å². The summed E-state index contributed by atoms with van der Waals surface area (Å²) in [6, 6.07) is -1.58. The number of carbonyl (C=O) groups excluding carboxylic acids is 4. The summed E-state index contributed by atoms with van der Waals surface area (Å²) in [4.78, 5) is 50.6. The second kappa shape index (κ2) is 21.0. The first kappa shape index (κ1) is 33.8. The third-order valence-corrected chi connectivity index (χ3v) is 6.31.